The molecule has 0 saturated carbocycles. The second kappa shape index (κ2) is 12.2. The van der Waals surface area contributed by atoms with E-state index in [0.29, 0.717) is 5.82 Å². The van der Waals surface area contributed by atoms with Crippen LogP contribution in [0.5, 0.6) is 0 Å². The van der Waals surface area contributed by atoms with Crippen LogP contribution in [0.25, 0.3) is 121 Å². The van der Waals surface area contributed by atoms with Gasteiger partial charge in [0.05, 0.1) is 38.7 Å². The van der Waals surface area contributed by atoms with E-state index in [1.165, 1.54) is 32.3 Å². The van der Waals surface area contributed by atoms with Crippen molar-refractivity contribution >= 4 is 87.2 Å². The van der Waals surface area contributed by atoms with Crippen LogP contribution in [0.3, 0.4) is 0 Å². The van der Waals surface area contributed by atoms with Crippen molar-refractivity contribution < 1.29 is 4.42 Å². The highest BCUT2D eigenvalue weighted by Crippen LogP contribution is 2.45. The van der Waals surface area contributed by atoms with Crippen molar-refractivity contribution in [3.8, 4) is 34.0 Å². The van der Waals surface area contributed by atoms with Gasteiger partial charge >= 0.3 is 0 Å². The molecule has 0 aliphatic heterocycles. The van der Waals surface area contributed by atoms with Crippen LogP contribution >= 0.6 is 0 Å². The van der Waals surface area contributed by atoms with E-state index in [9.17, 15) is 0 Å². The fourth-order valence-electron chi connectivity index (χ4n) is 9.47. The third-order valence-corrected chi connectivity index (χ3v) is 12.1. The summed E-state index contributed by atoms with van der Waals surface area (Å²) in [7, 11) is 0. The normalized spacial score (nSPS) is 12.1. The second-order valence-electron chi connectivity index (χ2n) is 15.3. The molecular weight excluding hydrogens is 721 g/mol. The number of furan rings is 1. The number of hydrogen-bond acceptors (Lipinski definition) is 3. The van der Waals surface area contributed by atoms with Gasteiger partial charge in [0.15, 0.2) is 5.82 Å². The predicted molar refractivity (Wildman–Crippen MR) is 244 cm³/mol. The molecule has 0 spiro atoms. The van der Waals surface area contributed by atoms with Crippen LogP contribution in [0.2, 0.25) is 0 Å². The fraction of sp³-hybridized carbons (Fsp3) is 0. The molecule has 0 aliphatic rings. The minimum absolute atomic E-state index is 0.700. The zero-order valence-corrected chi connectivity index (χ0v) is 31.7. The number of fused-ring (bicyclic) bond motifs is 13. The third kappa shape index (κ3) is 4.67. The summed E-state index contributed by atoms with van der Waals surface area (Å²) in [6.07, 6.45) is 0. The molecule has 13 rings (SSSR count). The van der Waals surface area contributed by atoms with Crippen molar-refractivity contribution in [2.45, 2.75) is 0 Å². The Bertz CT molecular complexity index is 3830. The Morgan fingerprint density at radius 3 is 1.88 bits per heavy atom. The lowest BCUT2D eigenvalue weighted by Gasteiger charge is -2.14. The van der Waals surface area contributed by atoms with E-state index in [0.717, 1.165) is 83.1 Å². The number of benzene rings is 9. The zero-order chi connectivity index (χ0) is 38.6. The van der Waals surface area contributed by atoms with Gasteiger partial charge in [0, 0.05) is 54.8 Å². The van der Waals surface area contributed by atoms with E-state index >= 15 is 0 Å². The molecule has 274 valence electrons. The number of rotatable bonds is 4. The molecule has 59 heavy (non-hydrogen) atoms. The lowest BCUT2D eigenvalue weighted by molar-refractivity contribution is 0.669. The van der Waals surface area contributed by atoms with Gasteiger partial charge in [-0.15, -0.1) is 0 Å². The molecule has 0 amide bonds. The van der Waals surface area contributed by atoms with Gasteiger partial charge < -0.3 is 13.6 Å². The van der Waals surface area contributed by atoms with E-state index in [2.05, 4.69) is 185 Å². The minimum Gasteiger partial charge on any atom is -0.456 e. The lowest BCUT2D eigenvalue weighted by atomic mass is 10.1. The first kappa shape index (κ1) is 32.1. The highest BCUT2D eigenvalue weighted by Gasteiger charge is 2.24. The van der Waals surface area contributed by atoms with E-state index in [-0.39, 0.29) is 0 Å². The van der Waals surface area contributed by atoms with Gasteiger partial charge in [-0.3, -0.25) is 0 Å². The van der Waals surface area contributed by atoms with Crippen LogP contribution in [0, 0.1) is 0 Å². The summed E-state index contributed by atoms with van der Waals surface area (Å²) in [6, 6.07) is 68.9. The standard InChI is InChI=1S/C54H32N4O/c1-2-13-34(14-3-1)50-43-17-6-9-19-45(43)55-54(56-50)35-23-25-37(26-24-35)57-46-20-10-7-16-39(46)40-28-29-42-41-30-31-48-49(44-18-8-11-21-47(44)59-48)51(41)58(53(42)52(40)57)38-27-22-33-12-4-5-15-36(33)32-38/h1-32H. The minimum atomic E-state index is 0.700. The molecule has 0 unspecified atom stereocenters. The maximum atomic E-state index is 6.52. The number of para-hydroxylation sites is 3. The fourth-order valence-corrected chi connectivity index (χ4v) is 9.47. The van der Waals surface area contributed by atoms with E-state index in [4.69, 9.17) is 14.4 Å². The Labute approximate surface area is 337 Å². The maximum Gasteiger partial charge on any atom is 0.160 e. The van der Waals surface area contributed by atoms with Crippen LogP contribution in [-0.4, -0.2) is 19.1 Å². The van der Waals surface area contributed by atoms with Gasteiger partial charge in [0.2, 0.25) is 0 Å². The SMILES string of the molecule is c1ccc(-c2nc(-c3ccc(-n4c5ccccc5c5ccc6c7ccc8oc9ccccc9c8c7n(-c7ccc8ccccc8c7)c6c54)cc3)nc3ccccc23)cc1. The first-order chi connectivity index (χ1) is 29.3. The van der Waals surface area contributed by atoms with Crippen molar-refractivity contribution in [1.29, 1.82) is 0 Å². The molecule has 0 fully saturated rings. The Morgan fingerprint density at radius 2 is 1.02 bits per heavy atom. The predicted octanol–water partition coefficient (Wildman–Crippen LogP) is 14.2. The van der Waals surface area contributed by atoms with Crippen LogP contribution in [0.4, 0.5) is 0 Å². The smallest absolute Gasteiger partial charge is 0.160 e. The number of nitrogens with zero attached hydrogens (tertiary/aromatic N) is 4. The van der Waals surface area contributed by atoms with Crippen molar-refractivity contribution in [3.05, 3.63) is 194 Å². The summed E-state index contributed by atoms with van der Waals surface area (Å²) in [5.74, 6) is 0.700. The molecule has 0 N–H and O–H groups in total. The summed E-state index contributed by atoms with van der Waals surface area (Å²) in [5.41, 5.74) is 12.4. The lowest BCUT2D eigenvalue weighted by Crippen LogP contribution is -1.99. The highest BCUT2D eigenvalue weighted by atomic mass is 16.3. The van der Waals surface area contributed by atoms with Crippen molar-refractivity contribution in [3.63, 3.8) is 0 Å². The molecule has 4 aromatic heterocycles. The van der Waals surface area contributed by atoms with E-state index < -0.39 is 0 Å². The summed E-state index contributed by atoms with van der Waals surface area (Å²) >= 11 is 0. The maximum absolute atomic E-state index is 6.52. The molecular formula is C54H32N4O. The first-order valence-corrected chi connectivity index (χ1v) is 20.0. The Kier molecular flexibility index (Phi) is 6.66. The van der Waals surface area contributed by atoms with Gasteiger partial charge in [0.1, 0.15) is 11.2 Å². The van der Waals surface area contributed by atoms with Crippen LogP contribution < -0.4 is 0 Å². The molecule has 0 radical (unpaired) electrons. The number of hydrogen-bond donors (Lipinski definition) is 0. The average Bonchev–Trinajstić information content (AvgIpc) is 3.96. The summed E-state index contributed by atoms with van der Waals surface area (Å²) in [5, 5.41) is 10.4. The largest absolute Gasteiger partial charge is 0.456 e. The van der Waals surface area contributed by atoms with Crippen LogP contribution in [-0.2, 0) is 0 Å². The van der Waals surface area contributed by atoms with Gasteiger partial charge in [0.25, 0.3) is 0 Å². The van der Waals surface area contributed by atoms with Gasteiger partial charge in [-0.05, 0) is 77.5 Å². The van der Waals surface area contributed by atoms with Crippen molar-refractivity contribution in [1.82, 2.24) is 19.1 Å². The van der Waals surface area contributed by atoms with Crippen molar-refractivity contribution in [2.75, 3.05) is 0 Å². The summed E-state index contributed by atoms with van der Waals surface area (Å²) in [4.78, 5) is 10.2. The van der Waals surface area contributed by atoms with Crippen molar-refractivity contribution in [2.24, 2.45) is 0 Å². The highest BCUT2D eigenvalue weighted by molar-refractivity contribution is 6.29. The van der Waals surface area contributed by atoms with E-state index in [1.54, 1.807) is 0 Å². The molecule has 0 aliphatic carbocycles. The molecule has 0 atom stereocenters. The number of aromatic nitrogens is 4. The van der Waals surface area contributed by atoms with Gasteiger partial charge in [-0.1, -0.05) is 127 Å². The molecule has 5 heteroatoms. The third-order valence-electron chi connectivity index (χ3n) is 12.1. The quantitative estimate of drug-likeness (QED) is 0.180. The Hall–Kier alpha value is -8.02. The zero-order valence-electron chi connectivity index (χ0n) is 31.7. The van der Waals surface area contributed by atoms with E-state index in [1.807, 2.05) is 18.2 Å². The van der Waals surface area contributed by atoms with Gasteiger partial charge in [-0.2, -0.15) is 0 Å². The molecule has 13 aromatic rings. The molecule has 0 saturated heterocycles. The van der Waals surface area contributed by atoms with Crippen LogP contribution in [0.15, 0.2) is 199 Å². The monoisotopic (exact) mass is 752 g/mol. The Morgan fingerprint density at radius 1 is 0.373 bits per heavy atom. The average molecular weight is 753 g/mol. The summed E-state index contributed by atoms with van der Waals surface area (Å²) < 4.78 is 11.4. The van der Waals surface area contributed by atoms with Crippen LogP contribution in [0.1, 0.15) is 0 Å². The molecule has 9 aromatic carbocycles. The Balaban J connectivity index is 1.11. The first-order valence-electron chi connectivity index (χ1n) is 20.0. The molecule has 0 bridgehead atoms. The molecule has 4 heterocycles. The summed E-state index contributed by atoms with van der Waals surface area (Å²) in [6.45, 7) is 0. The second-order valence-corrected chi connectivity index (χ2v) is 15.3. The van der Waals surface area contributed by atoms with Gasteiger partial charge in [-0.25, -0.2) is 9.97 Å². The topological polar surface area (TPSA) is 48.8 Å². The molecule has 5 nitrogen and oxygen atoms in total.